The quantitative estimate of drug-likeness (QED) is 0.716. The molecule has 0 saturated heterocycles. The van der Waals surface area contributed by atoms with Crippen LogP contribution in [-0.2, 0) is 13.5 Å². The van der Waals surface area contributed by atoms with Crippen LogP contribution in [0.5, 0.6) is 0 Å². The van der Waals surface area contributed by atoms with E-state index in [-0.39, 0.29) is 5.78 Å². The maximum atomic E-state index is 12.0. The summed E-state index contributed by atoms with van der Waals surface area (Å²) < 4.78 is 6.92. The molecule has 0 aromatic carbocycles. The summed E-state index contributed by atoms with van der Waals surface area (Å²) in [4.78, 5) is 16.0. The van der Waals surface area contributed by atoms with Crippen molar-refractivity contribution < 1.29 is 9.21 Å². The first-order valence-electron chi connectivity index (χ1n) is 4.82. The van der Waals surface area contributed by atoms with Crippen LogP contribution in [0.2, 0.25) is 0 Å². The van der Waals surface area contributed by atoms with Gasteiger partial charge in [0.15, 0.2) is 5.82 Å². The zero-order chi connectivity index (χ0) is 10.8. The summed E-state index contributed by atoms with van der Waals surface area (Å²) in [6.07, 6.45) is 5.60. The van der Waals surface area contributed by atoms with Crippen LogP contribution in [0.15, 0.2) is 29.1 Å². The third-order valence-electron chi connectivity index (χ3n) is 2.34. The summed E-state index contributed by atoms with van der Waals surface area (Å²) in [6, 6.07) is 1.69. The molecule has 0 aliphatic rings. The molecule has 4 heteroatoms. The predicted octanol–water partition coefficient (Wildman–Crippen LogP) is 1.81. The summed E-state index contributed by atoms with van der Waals surface area (Å²) in [7, 11) is 1.80. The number of rotatable bonds is 3. The molecule has 2 aromatic rings. The number of aryl methyl sites for hydroxylation is 2. The normalized spacial score (nSPS) is 10.5. The van der Waals surface area contributed by atoms with E-state index in [2.05, 4.69) is 4.98 Å². The van der Waals surface area contributed by atoms with Gasteiger partial charge in [0.1, 0.15) is 5.76 Å². The van der Waals surface area contributed by atoms with E-state index in [1.165, 1.54) is 6.26 Å². The number of hydrogen-bond donors (Lipinski definition) is 0. The van der Waals surface area contributed by atoms with Gasteiger partial charge in [-0.05, 0) is 6.07 Å². The van der Waals surface area contributed by atoms with E-state index >= 15 is 0 Å². The van der Waals surface area contributed by atoms with Crippen LogP contribution in [0.4, 0.5) is 0 Å². The lowest BCUT2D eigenvalue weighted by Crippen LogP contribution is -2.09. The van der Waals surface area contributed by atoms with Gasteiger partial charge in [0, 0.05) is 25.9 Å². The summed E-state index contributed by atoms with van der Waals surface area (Å²) in [5, 5.41) is 0. The summed E-state index contributed by atoms with van der Waals surface area (Å²) in [6.45, 7) is 1.95. The molecule has 0 aliphatic heterocycles. The van der Waals surface area contributed by atoms with Crippen LogP contribution in [0.25, 0.3) is 0 Å². The van der Waals surface area contributed by atoms with Crippen LogP contribution in [0.1, 0.15) is 28.9 Å². The number of nitrogens with zero attached hydrogens (tertiary/aromatic N) is 2. The third-order valence-corrected chi connectivity index (χ3v) is 2.34. The first-order chi connectivity index (χ1) is 7.24. The molecule has 0 unspecified atom stereocenters. The van der Waals surface area contributed by atoms with Gasteiger partial charge in [0.05, 0.1) is 11.8 Å². The maximum absolute atomic E-state index is 12.0. The summed E-state index contributed by atoms with van der Waals surface area (Å²) in [5.74, 6) is 1.06. The molecule has 0 aliphatic carbocycles. The van der Waals surface area contributed by atoms with Gasteiger partial charge in [-0.25, -0.2) is 4.98 Å². The Bertz CT molecular complexity index is 482. The van der Waals surface area contributed by atoms with E-state index < -0.39 is 0 Å². The van der Waals surface area contributed by atoms with Crippen molar-refractivity contribution in [2.24, 2.45) is 7.05 Å². The molecule has 0 spiro atoms. The highest BCUT2D eigenvalue weighted by Crippen LogP contribution is 2.15. The average molecular weight is 204 g/mol. The fourth-order valence-corrected chi connectivity index (χ4v) is 1.52. The molecule has 0 radical (unpaired) electrons. The lowest BCUT2D eigenvalue weighted by Gasteiger charge is -2.00. The lowest BCUT2D eigenvalue weighted by molar-refractivity contribution is 0.102. The van der Waals surface area contributed by atoms with Crippen molar-refractivity contribution in [2.75, 3.05) is 0 Å². The Morgan fingerprint density at radius 1 is 1.60 bits per heavy atom. The van der Waals surface area contributed by atoms with Crippen molar-refractivity contribution in [3.05, 3.63) is 41.9 Å². The second-order valence-corrected chi connectivity index (χ2v) is 3.30. The van der Waals surface area contributed by atoms with Crippen LogP contribution < -0.4 is 0 Å². The van der Waals surface area contributed by atoms with E-state index in [1.54, 1.807) is 30.1 Å². The van der Waals surface area contributed by atoms with E-state index in [4.69, 9.17) is 4.42 Å². The van der Waals surface area contributed by atoms with Crippen molar-refractivity contribution in [1.82, 2.24) is 9.55 Å². The molecule has 0 N–H and O–H groups in total. The van der Waals surface area contributed by atoms with Crippen molar-refractivity contribution in [1.29, 1.82) is 0 Å². The fraction of sp³-hybridized carbons (Fsp3) is 0.273. The Morgan fingerprint density at radius 3 is 3.00 bits per heavy atom. The van der Waals surface area contributed by atoms with Gasteiger partial charge in [0.25, 0.3) is 0 Å². The standard InChI is InChI=1S/C11H12N2O2/c1-3-9-8(4-7-15-9)10(14)11-12-5-6-13(11)2/h4-7H,3H2,1-2H3. The van der Waals surface area contributed by atoms with Gasteiger partial charge in [-0.1, -0.05) is 6.92 Å². The molecule has 78 valence electrons. The van der Waals surface area contributed by atoms with Crippen LogP contribution >= 0.6 is 0 Å². The Kier molecular flexibility index (Phi) is 2.41. The van der Waals surface area contributed by atoms with Crippen molar-refractivity contribution in [3.63, 3.8) is 0 Å². The van der Waals surface area contributed by atoms with Gasteiger partial charge in [0.2, 0.25) is 5.78 Å². The number of furan rings is 1. The lowest BCUT2D eigenvalue weighted by atomic mass is 10.1. The molecular weight excluding hydrogens is 192 g/mol. The van der Waals surface area contributed by atoms with Crippen molar-refractivity contribution in [2.45, 2.75) is 13.3 Å². The van der Waals surface area contributed by atoms with Gasteiger partial charge in [-0.2, -0.15) is 0 Å². The highest BCUT2D eigenvalue weighted by Gasteiger charge is 2.18. The Morgan fingerprint density at radius 2 is 2.40 bits per heavy atom. The van der Waals surface area contributed by atoms with Gasteiger partial charge >= 0.3 is 0 Å². The van der Waals surface area contributed by atoms with Gasteiger partial charge < -0.3 is 8.98 Å². The molecule has 0 atom stereocenters. The number of carbonyl (C=O) groups is 1. The molecule has 2 rings (SSSR count). The van der Waals surface area contributed by atoms with Crippen LogP contribution in [-0.4, -0.2) is 15.3 Å². The molecular formula is C11H12N2O2. The van der Waals surface area contributed by atoms with Crippen LogP contribution in [0.3, 0.4) is 0 Å². The minimum Gasteiger partial charge on any atom is -0.469 e. The van der Waals surface area contributed by atoms with E-state index in [0.717, 1.165) is 0 Å². The number of imidazole rings is 1. The number of aromatic nitrogens is 2. The predicted molar refractivity (Wildman–Crippen MR) is 54.7 cm³/mol. The minimum atomic E-state index is -0.0897. The fourth-order valence-electron chi connectivity index (χ4n) is 1.52. The Labute approximate surface area is 87.5 Å². The molecule has 0 fully saturated rings. The zero-order valence-corrected chi connectivity index (χ0v) is 8.73. The van der Waals surface area contributed by atoms with Gasteiger partial charge in [-0.3, -0.25) is 4.79 Å². The maximum Gasteiger partial charge on any atom is 0.231 e. The first kappa shape index (κ1) is 9.71. The van der Waals surface area contributed by atoms with E-state index in [1.807, 2.05) is 6.92 Å². The average Bonchev–Trinajstić information content (AvgIpc) is 2.84. The molecule has 2 heterocycles. The van der Waals surface area contributed by atoms with Gasteiger partial charge in [-0.15, -0.1) is 0 Å². The molecule has 15 heavy (non-hydrogen) atoms. The molecule has 4 nitrogen and oxygen atoms in total. The zero-order valence-electron chi connectivity index (χ0n) is 8.73. The monoisotopic (exact) mass is 204 g/mol. The van der Waals surface area contributed by atoms with Crippen molar-refractivity contribution in [3.8, 4) is 0 Å². The molecule has 0 bridgehead atoms. The molecule has 2 aromatic heterocycles. The number of carbonyl (C=O) groups excluding carboxylic acids is 1. The largest absolute Gasteiger partial charge is 0.469 e. The number of ketones is 1. The topological polar surface area (TPSA) is 48.0 Å². The Hall–Kier alpha value is -1.84. The highest BCUT2D eigenvalue weighted by atomic mass is 16.3. The number of hydrogen-bond acceptors (Lipinski definition) is 3. The van der Waals surface area contributed by atoms with Crippen LogP contribution in [0, 0.1) is 0 Å². The molecule has 0 amide bonds. The summed E-state index contributed by atoms with van der Waals surface area (Å²) in [5.41, 5.74) is 0.604. The second kappa shape index (κ2) is 3.73. The third kappa shape index (κ3) is 1.58. The first-order valence-corrected chi connectivity index (χ1v) is 4.82. The second-order valence-electron chi connectivity index (χ2n) is 3.30. The minimum absolute atomic E-state index is 0.0897. The van der Waals surface area contributed by atoms with E-state index in [9.17, 15) is 4.79 Å². The van der Waals surface area contributed by atoms with Crippen molar-refractivity contribution >= 4 is 5.78 Å². The SMILES string of the molecule is CCc1occc1C(=O)c1nccn1C. The summed E-state index contributed by atoms with van der Waals surface area (Å²) >= 11 is 0. The smallest absolute Gasteiger partial charge is 0.231 e. The highest BCUT2D eigenvalue weighted by molar-refractivity contribution is 6.07. The van der Waals surface area contributed by atoms with E-state index in [0.29, 0.717) is 23.6 Å². The Balaban J connectivity index is 2.41. The molecule has 0 saturated carbocycles.